The van der Waals surface area contributed by atoms with E-state index < -0.39 is 9.05 Å². The lowest BCUT2D eigenvalue weighted by molar-refractivity contribution is -0.0277. The normalized spacial score (nSPS) is 12.0. The Morgan fingerprint density at radius 2 is 1.44 bits per heavy atom. The van der Waals surface area contributed by atoms with Gasteiger partial charge in [0.2, 0.25) is 0 Å². The molecule has 0 aromatic rings. The van der Waals surface area contributed by atoms with Gasteiger partial charge in [0, 0.05) is 39.5 Å². The van der Waals surface area contributed by atoms with Crippen molar-refractivity contribution in [2.75, 3.05) is 46.1 Å². The molecular formula is C11H28N2O4Si. The molecule has 0 aliphatic heterocycles. The maximum absolute atomic E-state index is 5.73. The van der Waals surface area contributed by atoms with Crippen LogP contribution < -0.4 is 11.1 Å². The molecule has 0 aromatic carbocycles. The molecule has 6 nitrogen and oxygen atoms in total. The molecule has 0 saturated heterocycles. The van der Waals surface area contributed by atoms with Gasteiger partial charge in [0.15, 0.2) is 0 Å². The van der Waals surface area contributed by atoms with Gasteiger partial charge in [-0.15, -0.1) is 0 Å². The smallest absolute Gasteiger partial charge is 0.351 e. The van der Waals surface area contributed by atoms with Gasteiger partial charge in [0.25, 0.3) is 0 Å². The zero-order chi connectivity index (χ0) is 13.7. The molecule has 0 bridgehead atoms. The van der Waals surface area contributed by atoms with Gasteiger partial charge in [-0.05, 0) is 33.7 Å². The molecule has 0 unspecified atom stereocenters. The molecule has 0 atom stereocenters. The zero-order valence-electron chi connectivity index (χ0n) is 11.9. The van der Waals surface area contributed by atoms with Crippen LogP contribution in [0.5, 0.6) is 0 Å². The van der Waals surface area contributed by atoms with E-state index in [1.807, 2.05) is 20.8 Å². The summed E-state index contributed by atoms with van der Waals surface area (Å²) in [6.07, 6.45) is 0.877. The molecule has 0 aliphatic carbocycles. The fourth-order valence-electron chi connectivity index (χ4n) is 1.40. The van der Waals surface area contributed by atoms with E-state index in [-0.39, 0.29) is 0 Å². The minimum Gasteiger partial charge on any atom is -0.351 e. The summed E-state index contributed by atoms with van der Waals surface area (Å²) >= 11 is 0. The topological polar surface area (TPSA) is 75.0 Å². The lowest BCUT2D eigenvalue weighted by Gasteiger charge is -2.26. The first kappa shape index (κ1) is 18.0. The third-order valence-electron chi connectivity index (χ3n) is 2.06. The minimum atomic E-state index is -2.92. The summed E-state index contributed by atoms with van der Waals surface area (Å²) in [6, 6.07) is 0. The third-order valence-corrected chi connectivity index (χ3v) is 4.55. The summed E-state index contributed by atoms with van der Waals surface area (Å²) in [5.74, 6) is 0. The highest BCUT2D eigenvalue weighted by Crippen LogP contribution is 2.12. The Balaban J connectivity index is 3.97. The molecule has 0 amide bonds. The molecule has 18 heavy (non-hydrogen) atoms. The maximum Gasteiger partial charge on any atom is 0.679 e. The third kappa shape index (κ3) is 8.14. The average Bonchev–Trinajstić information content (AvgIpc) is 2.35. The van der Waals surface area contributed by atoms with Crippen molar-refractivity contribution in [3.63, 3.8) is 0 Å². The van der Waals surface area contributed by atoms with Crippen LogP contribution in [0.3, 0.4) is 0 Å². The highest BCUT2D eigenvalue weighted by Gasteiger charge is 2.44. The van der Waals surface area contributed by atoms with Crippen molar-refractivity contribution in [1.82, 2.24) is 5.32 Å². The van der Waals surface area contributed by atoms with Crippen LogP contribution in [0.25, 0.3) is 0 Å². The van der Waals surface area contributed by atoms with Crippen molar-refractivity contribution in [2.24, 2.45) is 5.73 Å². The molecule has 0 heterocycles. The van der Waals surface area contributed by atoms with Crippen molar-refractivity contribution < 1.29 is 17.7 Å². The molecule has 0 aliphatic rings. The Labute approximate surface area is 112 Å². The molecule has 0 saturated carbocycles. The number of nitrogens with two attached hydrogens (primary N) is 1. The molecular weight excluding hydrogens is 252 g/mol. The standard InChI is InChI=1S/C11H28N2O4Si/c1-4-14-18(15-5-2,16-6-3)17-11-7-9-13-10-8-12/h13H,4-12H2,1-3H3. The summed E-state index contributed by atoms with van der Waals surface area (Å²) in [7, 11) is -2.92. The molecule has 0 spiro atoms. The Morgan fingerprint density at radius 3 is 1.89 bits per heavy atom. The maximum atomic E-state index is 5.73. The molecule has 0 radical (unpaired) electrons. The largest absolute Gasteiger partial charge is 0.679 e. The average molecular weight is 280 g/mol. The summed E-state index contributed by atoms with van der Waals surface area (Å²) in [4.78, 5) is 0. The summed E-state index contributed by atoms with van der Waals surface area (Å²) in [6.45, 7) is 10.2. The second-order valence-electron chi connectivity index (χ2n) is 3.54. The van der Waals surface area contributed by atoms with Crippen LogP contribution in [0.1, 0.15) is 27.2 Å². The van der Waals surface area contributed by atoms with Crippen LogP contribution in [-0.2, 0) is 17.7 Å². The van der Waals surface area contributed by atoms with Crippen LogP contribution in [0.4, 0.5) is 0 Å². The number of rotatable bonds is 13. The first-order valence-corrected chi connectivity index (χ1v) is 8.34. The number of hydrogen-bond acceptors (Lipinski definition) is 6. The molecule has 0 aromatic heterocycles. The van der Waals surface area contributed by atoms with E-state index in [4.69, 9.17) is 23.4 Å². The lowest BCUT2D eigenvalue weighted by atomic mass is 10.4. The van der Waals surface area contributed by atoms with Gasteiger partial charge in [0.1, 0.15) is 0 Å². The Bertz CT molecular complexity index is 169. The number of hydrogen-bond donors (Lipinski definition) is 2. The van der Waals surface area contributed by atoms with Gasteiger partial charge < -0.3 is 28.8 Å². The molecule has 3 N–H and O–H groups in total. The van der Waals surface area contributed by atoms with Crippen molar-refractivity contribution in [1.29, 1.82) is 0 Å². The van der Waals surface area contributed by atoms with E-state index in [1.165, 1.54) is 0 Å². The van der Waals surface area contributed by atoms with Crippen LogP contribution in [0.2, 0.25) is 0 Å². The molecule has 110 valence electrons. The van der Waals surface area contributed by atoms with Gasteiger partial charge in [-0.1, -0.05) is 0 Å². The fraction of sp³-hybridized carbons (Fsp3) is 1.00. The van der Waals surface area contributed by atoms with Crippen LogP contribution in [-0.4, -0.2) is 55.1 Å². The van der Waals surface area contributed by atoms with Gasteiger partial charge in [-0.3, -0.25) is 0 Å². The molecule has 0 rings (SSSR count). The van der Waals surface area contributed by atoms with E-state index in [1.54, 1.807) is 0 Å². The van der Waals surface area contributed by atoms with E-state index >= 15 is 0 Å². The van der Waals surface area contributed by atoms with Crippen molar-refractivity contribution in [3.05, 3.63) is 0 Å². The fourth-order valence-corrected chi connectivity index (χ4v) is 3.36. The summed E-state index contributed by atoms with van der Waals surface area (Å²) in [5.41, 5.74) is 5.38. The van der Waals surface area contributed by atoms with Gasteiger partial charge >= 0.3 is 9.05 Å². The first-order chi connectivity index (χ1) is 8.74. The molecule has 7 heteroatoms. The SMILES string of the molecule is CCO[Si](OCC)(OCC)OCCCNCCN. The predicted molar refractivity (Wildman–Crippen MR) is 73.1 cm³/mol. The lowest BCUT2D eigenvalue weighted by Crippen LogP contribution is -2.49. The predicted octanol–water partition coefficient (Wildman–Crippen LogP) is 0.487. The van der Waals surface area contributed by atoms with E-state index in [0.717, 1.165) is 19.5 Å². The Hall–Kier alpha value is -0.0231. The van der Waals surface area contributed by atoms with Gasteiger partial charge in [-0.2, -0.15) is 0 Å². The minimum absolute atomic E-state index is 0.525. The highest BCUT2D eigenvalue weighted by molar-refractivity contribution is 6.53. The molecule has 0 fully saturated rings. The van der Waals surface area contributed by atoms with Gasteiger partial charge in [0.05, 0.1) is 0 Å². The van der Waals surface area contributed by atoms with E-state index in [2.05, 4.69) is 5.32 Å². The summed E-state index contributed by atoms with van der Waals surface area (Å²) in [5, 5.41) is 3.21. The second-order valence-corrected chi connectivity index (χ2v) is 5.69. The van der Waals surface area contributed by atoms with Crippen molar-refractivity contribution in [3.8, 4) is 0 Å². The van der Waals surface area contributed by atoms with E-state index in [9.17, 15) is 0 Å². The second kappa shape index (κ2) is 12.0. The zero-order valence-corrected chi connectivity index (χ0v) is 12.9. The quantitative estimate of drug-likeness (QED) is 0.378. The Kier molecular flexibility index (Phi) is 12.0. The van der Waals surface area contributed by atoms with Crippen LogP contribution in [0.15, 0.2) is 0 Å². The highest BCUT2D eigenvalue weighted by atomic mass is 28.4. The Morgan fingerprint density at radius 1 is 0.889 bits per heavy atom. The van der Waals surface area contributed by atoms with Crippen molar-refractivity contribution >= 4 is 9.05 Å². The van der Waals surface area contributed by atoms with Crippen molar-refractivity contribution in [2.45, 2.75) is 27.2 Å². The van der Waals surface area contributed by atoms with Crippen LogP contribution in [0, 0.1) is 0 Å². The van der Waals surface area contributed by atoms with E-state index in [0.29, 0.717) is 33.0 Å². The monoisotopic (exact) mass is 280 g/mol. The number of nitrogens with one attached hydrogen (secondary N) is 1. The van der Waals surface area contributed by atoms with Gasteiger partial charge in [-0.25, -0.2) is 0 Å². The van der Waals surface area contributed by atoms with Crippen LogP contribution >= 0.6 is 0 Å². The first-order valence-electron chi connectivity index (χ1n) is 6.71. The summed E-state index contributed by atoms with van der Waals surface area (Å²) < 4.78 is 22.4.